The van der Waals surface area contributed by atoms with E-state index in [1.807, 2.05) is 25.4 Å². The number of imidazole rings is 1. The third-order valence-corrected chi connectivity index (χ3v) is 6.47. The molecule has 1 saturated carbocycles. The number of rotatable bonds is 3. The molecule has 2 aliphatic rings. The van der Waals surface area contributed by atoms with Crippen molar-refractivity contribution in [3.8, 4) is 6.07 Å². The Bertz CT molecular complexity index is 1210. The molecule has 1 aliphatic carbocycles. The van der Waals surface area contributed by atoms with E-state index in [-0.39, 0.29) is 5.69 Å². The molecule has 2 atom stereocenters. The van der Waals surface area contributed by atoms with E-state index in [0.29, 0.717) is 18.0 Å². The van der Waals surface area contributed by atoms with Crippen LogP contribution < -0.4 is 4.90 Å². The van der Waals surface area contributed by atoms with Gasteiger partial charge >= 0.3 is 6.09 Å². The third-order valence-electron chi connectivity index (χ3n) is 6.47. The van der Waals surface area contributed by atoms with Gasteiger partial charge < -0.3 is 9.30 Å². The van der Waals surface area contributed by atoms with E-state index in [2.05, 4.69) is 15.6 Å². The molecule has 0 bridgehead atoms. The topological polar surface area (TPSA) is 71.2 Å². The van der Waals surface area contributed by atoms with E-state index in [9.17, 15) is 14.4 Å². The van der Waals surface area contributed by atoms with Gasteiger partial charge in [0.15, 0.2) is 0 Å². The first kappa shape index (κ1) is 19.6. The van der Waals surface area contributed by atoms with Crippen LogP contribution in [-0.2, 0) is 11.3 Å². The highest BCUT2D eigenvalue weighted by Crippen LogP contribution is 2.42. The number of carbonyl (C=O) groups excluding carboxylic acids is 1. The summed E-state index contributed by atoms with van der Waals surface area (Å²) in [5.41, 5.74) is 2.90. The second-order valence-corrected chi connectivity index (χ2v) is 8.77. The molecule has 0 unspecified atom stereocenters. The van der Waals surface area contributed by atoms with Crippen molar-refractivity contribution in [2.45, 2.75) is 44.8 Å². The van der Waals surface area contributed by atoms with Gasteiger partial charge in [-0.2, -0.15) is 5.26 Å². The molecule has 3 aromatic rings. The van der Waals surface area contributed by atoms with E-state index in [1.165, 1.54) is 11.0 Å². The molecule has 2 fully saturated rings. The maximum atomic E-state index is 14.5. The average molecular weight is 418 g/mol. The van der Waals surface area contributed by atoms with Gasteiger partial charge in [-0.15, -0.1) is 0 Å². The zero-order chi connectivity index (χ0) is 21.6. The number of nitriles is 1. The van der Waals surface area contributed by atoms with Crippen molar-refractivity contribution in [2.24, 2.45) is 5.92 Å². The number of anilines is 1. The minimum Gasteiger partial charge on any atom is -0.441 e. The summed E-state index contributed by atoms with van der Waals surface area (Å²) in [4.78, 5) is 18.5. The van der Waals surface area contributed by atoms with Gasteiger partial charge in [-0.1, -0.05) is 6.07 Å². The van der Waals surface area contributed by atoms with Gasteiger partial charge in [0.25, 0.3) is 0 Å². The van der Waals surface area contributed by atoms with Crippen LogP contribution >= 0.6 is 0 Å². The number of ether oxygens (including phenoxy) is 1. The summed E-state index contributed by atoms with van der Waals surface area (Å²) in [6.45, 7) is 2.93. The molecule has 1 spiro atoms. The van der Waals surface area contributed by atoms with Gasteiger partial charge in [0.2, 0.25) is 0 Å². The molecule has 1 saturated heterocycles. The standard InChI is InChI=1S/C24H23FN4O2/c1-16-4-7-21(19(25)9-16)29-14-24(31-23(29)30)8-2-3-18(11-24)13-28-15-27-20-6-5-17(12-26)10-22(20)28/h4-7,9-10,15,18H,2-3,8,11,13-14H2,1H3/t18-,24-/m0/s1. The predicted molar refractivity (Wildman–Crippen MR) is 114 cm³/mol. The SMILES string of the molecule is Cc1ccc(N2C[C@@]3(CCC[C@H](Cn4cnc5ccc(C#N)cc54)C3)OC2=O)c(F)c1. The van der Waals surface area contributed by atoms with Gasteiger partial charge in [0, 0.05) is 6.54 Å². The quantitative estimate of drug-likeness (QED) is 0.604. The first-order valence-electron chi connectivity index (χ1n) is 10.6. The van der Waals surface area contributed by atoms with Crippen molar-refractivity contribution >= 4 is 22.8 Å². The Morgan fingerprint density at radius 3 is 3.00 bits per heavy atom. The van der Waals surface area contributed by atoms with Crippen LogP contribution in [0.1, 0.15) is 36.8 Å². The minimum atomic E-state index is -0.592. The maximum Gasteiger partial charge on any atom is 0.415 e. The van der Waals surface area contributed by atoms with Crippen LogP contribution in [0.15, 0.2) is 42.7 Å². The Hall–Kier alpha value is -3.40. The molecular weight excluding hydrogens is 395 g/mol. The number of benzene rings is 2. The summed E-state index contributed by atoms with van der Waals surface area (Å²) < 4.78 is 22.4. The lowest BCUT2D eigenvalue weighted by Gasteiger charge is -2.36. The van der Waals surface area contributed by atoms with Crippen LogP contribution in [0.2, 0.25) is 0 Å². The monoisotopic (exact) mass is 418 g/mol. The lowest BCUT2D eigenvalue weighted by atomic mass is 9.78. The predicted octanol–water partition coefficient (Wildman–Crippen LogP) is 4.94. The highest BCUT2D eigenvalue weighted by molar-refractivity contribution is 5.90. The Morgan fingerprint density at radius 2 is 2.19 bits per heavy atom. The number of carbonyl (C=O) groups is 1. The summed E-state index contributed by atoms with van der Waals surface area (Å²) in [5.74, 6) is -0.105. The summed E-state index contributed by atoms with van der Waals surface area (Å²) in [6, 6.07) is 12.6. The van der Waals surface area contributed by atoms with Crippen LogP contribution in [0.5, 0.6) is 0 Å². The van der Waals surface area contributed by atoms with Crippen molar-refractivity contribution in [3.63, 3.8) is 0 Å². The number of aryl methyl sites for hydroxylation is 1. The summed E-state index contributed by atoms with van der Waals surface area (Å²) >= 11 is 0. The number of aromatic nitrogens is 2. The fraction of sp³-hybridized carbons (Fsp3) is 0.375. The second-order valence-electron chi connectivity index (χ2n) is 8.77. The minimum absolute atomic E-state index is 0.277. The Morgan fingerprint density at radius 1 is 1.32 bits per heavy atom. The molecule has 0 radical (unpaired) electrons. The van der Waals surface area contributed by atoms with Gasteiger partial charge in [-0.3, -0.25) is 4.90 Å². The molecule has 1 aromatic heterocycles. The van der Waals surface area contributed by atoms with E-state index in [0.717, 1.165) is 48.8 Å². The van der Waals surface area contributed by atoms with Crippen LogP contribution in [0.25, 0.3) is 11.0 Å². The normalized spacial score (nSPS) is 23.3. The number of hydrogen-bond acceptors (Lipinski definition) is 4. The fourth-order valence-corrected chi connectivity index (χ4v) is 5.02. The molecule has 6 nitrogen and oxygen atoms in total. The molecule has 1 amide bonds. The number of halogens is 1. The summed E-state index contributed by atoms with van der Waals surface area (Å²) in [5, 5.41) is 9.21. The highest BCUT2D eigenvalue weighted by atomic mass is 19.1. The first-order valence-corrected chi connectivity index (χ1v) is 10.6. The summed E-state index contributed by atoms with van der Waals surface area (Å²) in [7, 11) is 0. The van der Waals surface area contributed by atoms with Crippen molar-refractivity contribution in [3.05, 3.63) is 59.7 Å². The van der Waals surface area contributed by atoms with Gasteiger partial charge in [-0.05, 0) is 74.4 Å². The van der Waals surface area contributed by atoms with Crippen LogP contribution in [0.3, 0.4) is 0 Å². The number of nitrogens with zero attached hydrogens (tertiary/aromatic N) is 4. The van der Waals surface area contributed by atoms with Crippen LogP contribution in [0.4, 0.5) is 14.9 Å². The van der Waals surface area contributed by atoms with Gasteiger partial charge in [0.05, 0.1) is 41.2 Å². The Kier molecular flexibility index (Phi) is 4.66. The maximum absolute atomic E-state index is 14.5. The smallest absolute Gasteiger partial charge is 0.415 e. The largest absolute Gasteiger partial charge is 0.441 e. The molecule has 0 N–H and O–H groups in total. The molecule has 2 heterocycles. The van der Waals surface area contributed by atoms with Crippen LogP contribution in [0, 0.1) is 30.0 Å². The number of fused-ring (bicyclic) bond motifs is 1. The number of amides is 1. The van der Waals surface area contributed by atoms with E-state index < -0.39 is 17.5 Å². The Labute approximate surface area is 179 Å². The average Bonchev–Trinajstić information content (AvgIpc) is 3.28. The molecule has 7 heteroatoms. The van der Waals surface area contributed by atoms with E-state index in [4.69, 9.17) is 4.74 Å². The first-order chi connectivity index (χ1) is 15.0. The molecular formula is C24H23FN4O2. The lowest BCUT2D eigenvalue weighted by Crippen LogP contribution is -2.40. The number of hydrogen-bond donors (Lipinski definition) is 0. The molecule has 1 aliphatic heterocycles. The second kappa shape index (κ2) is 7.38. The van der Waals surface area contributed by atoms with E-state index in [1.54, 1.807) is 18.2 Å². The summed E-state index contributed by atoms with van der Waals surface area (Å²) in [6.07, 6.45) is 4.80. The van der Waals surface area contributed by atoms with Crippen LogP contribution in [-0.4, -0.2) is 27.8 Å². The molecule has 5 rings (SSSR count). The van der Waals surface area contributed by atoms with Crippen molar-refractivity contribution in [1.82, 2.24) is 9.55 Å². The van der Waals surface area contributed by atoms with Crippen molar-refractivity contribution in [2.75, 3.05) is 11.4 Å². The zero-order valence-electron chi connectivity index (χ0n) is 17.3. The third kappa shape index (κ3) is 3.52. The molecule has 158 valence electrons. The Balaban J connectivity index is 1.36. The molecule has 2 aromatic carbocycles. The van der Waals surface area contributed by atoms with Crippen molar-refractivity contribution in [1.29, 1.82) is 5.26 Å². The lowest BCUT2D eigenvalue weighted by molar-refractivity contribution is 0.00439. The van der Waals surface area contributed by atoms with Crippen molar-refractivity contribution < 1.29 is 13.9 Å². The highest BCUT2D eigenvalue weighted by Gasteiger charge is 2.48. The van der Waals surface area contributed by atoms with Gasteiger partial charge in [-0.25, -0.2) is 14.2 Å². The fourth-order valence-electron chi connectivity index (χ4n) is 5.02. The molecule has 31 heavy (non-hydrogen) atoms. The zero-order valence-corrected chi connectivity index (χ0v) is 17.3. The van der Waals surface area contributed by atoms with Gasteiger partial charge in [0.1, 0.15) is 11.4 Å². The van der Waals surface area contributed by atoms with E-state index >= 15 is 0 Å².